The van der Waals surface area contributed by atoms with Gasteiger partial charge in [0.05, 0.1) is 6.61 Å². The lowest BCUT2D eigenvalue weighted by Gasteiger charge is -2.10. The predicted octanol–water partition coefficient (Wildman–Crippen LogP) is 3.27. The standard InChI is InChI=1S/C16H16N2O/c19-11-14-3-1-2-4-15(14)18-10-12-5-6-13-7-8-17-16(13)9-12/h1-9,17-19H,10-11H2. The molecule has 0 saturated heterocycles. The Labute approximate surface area is 111 Å². The molecular weight excluding hydrogens is 236 g/mol. The van der Waals surface area contributed by atoms with Gasteiger partial charge >= 0.3 is 0 Å². The van der Waals surface area contributed by atoms with Crippen LogP contribution in [-0.4, -0.2) is 10.1 Å². The molecule has 96 valence electrons. The maximum absolute atomic E-state index is 9.28. The lowest BCUT2D eigenvalue weighted by atomic mass is 10.1. The molecule has 19 heavy (non-hydrogen) atoms. The van der Waals surface area contributed by atoms with E-state index >= 15 is 0 Å². The third kappa shape index (κ3) is 2.46. The van der Waals surface area contributed by atoms with Crippen molar-refractivity contribution in [2.45, 2.75) is 13.2 Å². The van der Waals surface area contributed by atoms with Crippen molar-refractivity contribution in [3.8, 4) is 0 Å². The molecule has 0 atom stereocenters. The highest BCUT2D eigenvalue weighted by Gasteiger charge is 2.01. The van der Waals surface area contributed by atoms with Crippen molar-refractivity contribution in [1.29, 1.82) is 0 Å². The van der Waals surface area contributed by atoms with E-state index in [0.29, 0.717) is 0 Å². The van der Waals surface area contributed by atoms with Crippen molar-refractivity contribution in [3.63, 3.8) is 0 Å². The number of fused-ring (bicyclic) bond motifs is 1. The lowest BCUT2D eigenvalue weighted by Crippen LogP contribution is -2.02. The Morgan fingerprint density at radius 1 is 1.05 bits per heavy atom. The Hall–Kier alpha value is -2.26. The number of nitrogens with one attached hydrogen (secondary N) is 2. The second kappa shape index (κ2) is 5.16. The zero-order valence-electron chi connectivity index (χ0n) is 10.6. The summed E-state index contributed by atoms with van der Waals surface area (Å²) in [6.07, 6.45) is 1.95. The smallest absolute Gasteiger partial charge is 0.0701 e. The van der Waals surface area contributed by atoms with E-state index in [0.717, 1.165) is 23.3 Å². The van der Waals surface area contributed by atoms with Gasteiger partial charge in [0.1, 0.15) is 0 Å². The van der Waals surface area contributed by atoms with Crippen LogP contribution in [0, 0.1) is 0 Å². The Morgan fingerprint density at radius 3 is 2.84 bits per heavy atom. The molecule has 0 aliphatic heterocycles. The average molecular weight is 252 g/mol. The summed E-state index contributed by atoms with van der Waals surface area (Å²) in [7, 11) is 0. The summed E-state index contributed by atoms with van der Waals surface area (Å²) in [5.41, 5.74) is 4.26. The summed E-state index contributed by atoms with van der Waals surface area (Å²) in [6, 6.07) is 16.2. The molecule has 1 aromatic heterocycles. The molecule has 3 aromatic rings. The van der Waals surface area contributed by atoms with Crippen LogP contribution in [0.5, 0.6) is 0 Å². The van der Waals surface area contributed by atoms with Crippen LogP contribution in [0.3, 0.4) is 0 Å². The fourth-order valence-electron chi connectivity index (χ4n) is 2.23. The van der Waals surface area contributed by atoms with Gasteiger partial charge in [-0.05, 0) is 29.1 Å². The molecule has 0 aliphatic carbocycles. The number of aliphatic hydroxyl groups is 1. The zero-order valence-corrected chi connectivity index (χ0v) is 10.6. The van der Waals surface area contributed by atoms with Gasteiger partial charge in [-0.15, -0.1) is 0 Å². The van der Waals surface area contributed by atoms with Crippen molar-refractivity contribution in [2.24, 2.45) is 0 Å². The van der Waals surface area contributed by atoms with E-state index in [2.05, 4.69) is 34.6 Å². The molecule has 1 heterocycles. The Kier molecular flexibility index (Phi) is 3.21. The van der Waals surface area contributed by atoms with Gasteiger partial charge in [0.15, 0.2) is 0 Å². The van der Waals surface area contributed by atoms with Crippen LogP contribution in [0.1, 0.15) is 11.1 Å². The Balaban J connectivity index is 1.78. The topological polar surface area (TPSA) is 48.0 Å². The summed E-state index contributed by atoms with van der Waals surface area (Å²) < 4.78 is 0. The number of aliphatic hydroxyl groups excluding tert-OH is 1. The van der Waals surface area contributed by atoms with E-state index in [1.54, 1.807) is 0 Å². The molecule has 0 aliphatic rings. The first-order valence-corrected chi connectivity index (χ1v) is 6.35. The number of rotatable bonds is 4. The molecule has 0 saturated carbocycles. The molecule has 3 rings (SSSR count). The SMILES string of the molecule is OCc1ccccc1NCc1ccc2cc[nH]c2c1. The van der Waals surface area contributed by atoms with Gasteiger partial charge in [-0.2, -0.15) is 0 Å². The largest absolute Gasteiger partial charge is 0.392 e. The number of aromatic amines is 1. The van der Waals surface area contributed by atoms with E-state index in [-0.39, 0.29) is 6.61 Å². The lowest BCUT2D eigenvalue weighted by molar-refractivity contribution is 0.282. The van der Waals surface area contributed by atoms with E-state index in [1.807, 2.05) is 30.5 Å². The maximum Gasteiger partial charge on any atom is 0.0701 e. The molecule has 2 aromatic carbocycles. The van der Waals surface area contributed by atoms with Gasteiger partial charge in [-0.3, -0.25) is 0 Å². The monoisotopic (exact) mass is 252 g/mol. The molecule has 0 unspecified atom stereocenters. The summed E-state index contributed by atoms with van der Waals surface area (Å²) >= 11 is 0. The fourth-order valence-corrected chi connectivity index (χ4v) is 2.23. The Morgan fingerprint density at radius 2 is 1.95 bits per heavy atom. The number of aromatic nitrogens is 1. The van der Waals surface area contributed by atoms with Gasteiger partial charge in [0.2, 0.25) is 0 Å². The molecule has 3 heteroatoms. The quantitative estimate of drug-likeness (QED) is 0.667. The molecule has 0 fully saturated rings. The van der Waals surface area contributed by atoms with Crippen LogP contribution in [0.4, 0.5) is 5.69 Å². The Bertz CT molecular complexity index is 688. The molecular formula is C16H16N2O. The van der Waals surface area contributed by atoms with Crippen molar-refractivity contribution >= 4 is 16.6 Å². The third-order valence-electron chi connectivity index (χ3n) is 3.29. The second-order valence-electron chi connectivity index (χ2n) is 4.57. The van der Waals surface area contributed by atoms with Crippen molar-refractivity contribution < 1.29 is 5.11 Å². The molecule has 0 spiro atoms. The number of para-hydroxylation sites is 1. The normalized spacial score (nSPS) is 10.8. The summed E-state index contributed by atoms with van der Waals surface area (Å²) in [4.78, 5) is 3.21. The minimum atomic E-state index is 0.0544. The van der Waals surface area contributed by atoms with Gasteiger partial charge in [0.25, 0.3) is 0 Å². The van der Waals surface area contributed by atoms with Gasteiger partial charge in [-0.25, -0.2) is 0 Å². The number of H-pyrrole nitrogens is 1. The summed E-state index contributed by atoms with van der Waals surface area (Å²) in [5, 5.41) is 13.9. The first-order valence-electron chi connectivity index (χ1n) is 6.35. The number of hydrogen-bond acceptors (Lipinski definition) is 2. The molecule has 3 nitrogen and oxygen atoms in total. The molecule has 3 N–H and O–H groups in total. The van der Waals surface area contributed by atoms with Crippen LogP contribution in [0.15, 0.2) is 54.7 Å². The van der Waals surface area contributed by atoms with Crippen molar-refractivity contribution in [1.82, 2.24) is 4.98 Å². The molecule has 0 bridgehead atoms. The minimum absolute atomic E-state index is 0.0544. The first kappa shape index (κ1) is 11.8. The number of hydrogen-bond donors (Lipinski definition) is 3. The third-order valence-corrected chi connectivity index (χ3v) is 3.29. The zero-order chi connectivity index (χ0) is 13.1. The second-order valence-corrected chi connectivity index (χ2v) is 4.57. The van der Waals surface area contributed by atoms with Crippen molar-refractivity contribution in [3.05, 3.63) is 65.9 Å². The number of benzene rings is 2. The van der Waals surface area contributed by atoms with Gasteiger partial charge in [0, 0.05) is 29.5 Å². The van der Waals surface area contributed by atoms with E-state index in [4.69, 9.17) is 0 Å². The van der Waals surface area contributed by atoms with E-state index in [9.17, 15) is 5.11 Å². The van der Waals surface area contributed by atoms with Crippen LogP contribution < -0.4 is 5.32 Å². The highest BCUT2D eigenvalue weighted by Crippen LogP contribution is 2.18. The van der Waals surface area contributed by atoms with E-state index in [1.165, 1.54) is 10.9 Å². The minimum Gasteiger partial charge on any atom is -0.392 e. The van der Waals surface area contributed by atoms with Crippen LogP contribution in [0.25, 0.3) is 10.9 Å². The summed E-state index contributed by atoms with van der Waals surface area (Å²) in [5.74, 6) is 0. The highest BCUT2D eigenvalue weighted by atomic mass is 16.3. The van der Waals surface area contributed by atoms with Gasteiger partial charge in [-0.1, -0.05) is 30.3 Å². The predicted molar refractivity (Wildman–Crippen MR) is 78.0 cm³/mol. The molecule has 0 amide bonds. The summed E-state index contributed by atoms with van der Waals surface area (Å²) in [6.45, 7) is 0.796. The molecule has 0 radical (unpaired) electrons. The van der Waals surface area contributed by atoms with Crippen LogP contribution in [0.2, 0.25) is 0 Å². The highest BCUT2D eigenvalue weighted by molar-refractivity contribution is 5.79. The van der Waals surface area contributed by atoms with Crippen molar-refractivity contribution in [2.75, 3.05) is 5.32 Å². The van der Waals surface area contributed by atoms with Crippen LogP contribution >= 0.6 is 0 Å². The fraction of sp³-hybridized carbons (Fsp3) is 0.125. The van der Waals surface area contributed by atoms with Gasteiger partial charge < -0.3 is 15.4 Å². The first-order chi connectivity index (χ1) is 9.36. The van der Waals surface area contributed by atoms with E-state index < -0.39 is 0 Å². The maximum atomic E-state index is 9.28. The number of anilines is 1. The average Bonchev–Trinajstić information content (AvgIpc) is 2.93. The van der Waals surface area contributed by atoms with Crippen LogP contribution in [-0.2, 0) is 13.2 Å².